The monoisotopic (exact) mass is 413 g/mol. The van der Waals surface area contributed by atoms with Crippen LogP contribution in [0, 0.1) is 0 Å². The summed E-state index contributed by atoms with van der Waals surface area (Å²) in [7, 11) is 3.61. The van der Waals surface area contributed by atoms with Gasteiger partial charge in [-0.2, -0.15) is 11.8 Å². The highest BCUT2D eigenvalue weighted by Crippen LogP contribution is 2.42. The van der Waals surface area contributed by atoms with Crippen LogP contribution in [0.25, 0.3) is 0 Å². The minimum atomic E-state index is 0. The van der Waals surface area contributed by atoms with Crippen molar-refractivity contribution in [3.8, 4) is 0 Å². The number of aliphatic imine (C=N–C) groups is 1. The summed E-state index contributed by atoms with van der Waals surface area (Å²) in [6.45, 7) is 3.83. The number of hydrogen-bond donors (Lipinski definition) is 1. The Labute approximate surface area is 144 Å². The quantitative estimate of drug-likeness (QED) is 0.334. The molecule has 1 aliphatic carbocycles. The number of halogens is 1. The number of rotatable bonds is 3. The highest BCUT2D eigenvalue weighted by molar-refractivity contribution is 14.0. The van der Waals surface area contributed by atoms with Crippen LogP contribution >= 0.6 is 35.7 Å². The van der Waals surface area contributed by atoms with Crippen molar-refractivity contribution in [1.29, 1.82) is 0 Å². The molecule has 118 valence electrons. The Morgan fingerprint density at radius 3 is 2.75 bits per heavy atom. The van der Waals surface area contributed by atoms with Gasteiger partial charge in [-0.15, -0.1) is 24.0 Å². The zero-order valence-corrected chi connectivity index (χ0v) is 15.8. The van der Waals surface area contributed by atoms with Crippen LogP contribution < -0.4 is 5.32 Å². The molecule has 0 atom stereocenters. The second-order valence-electron chi connectivity index (χ2n) is 5.48. The summed E-state index contributed by atoms with van der Waals surface area (Å²) in [4.78, 5) is 6.87. The molecule has 1 spiro atoms. The molecule has 1 heterocycles. The predicted octanol–water partition coefficient (Wildman–Crippen LogP) is 2.58. The predicted molar refractivity (Wildman–Crippen MR) is 98.5 cm³/mol. The first-order chi connectivity index (χ1) is 9.29. The summed E-state index contributed by atoms with van der Waals surface area (Å²) in [5.41, 5.74) is 0. The van der Waals surface area contributed by atoms with Crippen molar-refractivity contribution < 1.29 is 4.74 Å². The van der Waals surface area contributed by atoms with E-state index < -0.39 is 0 Å². The van der Waals surface area contributed by atoms with E-state index in [9.17, 15) is 0 Å². The smallest absolute Gasteiger partial charge is 0.193 e. The van der Waals surface area contributed by atoms with E-state index in [1.165, 1.54) is 37.9 Å². The molecule has 0 aromatic rings. The van der Waals surface area contributed by atoms with E-state index in [-0.39, 0.29) is 24.0 Å². The molecule has 0 radical (unpaired) electrons. The van der Waals surface area contributed by atoms with Crippen LogP contribution in [0.5, 0.6) is 0 Å². The van der Waals surface area contributed by atoms with Gasteiger partial charge in [0.15, 0.2) is 5.96 Å². The Hall–Kier alpha value is 0.310. The maximum atomic E-state index is 5.09. The first-order valence-electron chi connectivity index (χ1n) is 7.38. The summed E-state index contributed by atoms with van der Waals surface area (Å²) >= 11 is 2.20. The molecule has 4 nitrogen and oxygen atoms in total. The third kappa shape index (κ3) is 4.94. The summed E-state index contributed by atoms with van der Waals surface area (Å²) in [6, 6.07) is 0. The SMILES string of the molecule is CN=C(NCCOC)N1CCSC2(CCCCC2)C1.I. The minimum Gasteiger partial charge on any atom is -0.383 e. The number of ether oxygens (including phenoxy) is 1. The number of guanidine groups is 1. The van der Waals surface area contributed by atoms with Crippen molar-refractivity contribution in [2.24, 2.45) is 4.99 Å². The van der Waals surface area contributed by atoms with Crippen molar-refractivity contribution >= 4 is 41.7 Å². The molecule has 0 aromatic heterocycles. The van der Waals surface area contributed by atoms with Gasteiger partial charge in [-0.1, -0.05) is 19.3 Å². The van der Waals surface area contributed by atoms with E-state index in [2.05, 4.69) is 27.0 Å². The lowest BCUT2D eigenvalue weighted by Crippen LogP contribution is -2.53. The number of methoxy groups -OCH3 is 1. The first-order valence-corrected chi connectivity index (χ1v) is 8.37. The molecule has 0 aromatic carbocycles. The number of hydrogen-bond acceptors (Lipinski definition) is 3. The molecule has 1 N–H and O–H groups in total. The summed E-state index contributed by atoms with van der Waals surface area (Å²) in [5.74, 6) is 2.27. The standard InChI is InChI=1S/C14H27N3OS.HI/c1-15-13(16-8-10-18-2)17-9-11-19-14(12-17)6-4-3-5-7-14;/h3-12H2,1-2H3,(H,15,16);1H. The first kappa shape index (κ1) is 18.4. The maximum Gasteiger partial charge on any atom is 0.193 e. The van der Waals surface area contributed by atoms with Gasteiger partial charge in [0.2, 0.25) is 0 Å². The van der Waals surface area contributed by atoms with Crippen molar-refractivity contribution in [3.63, 3.8) is 0 Å². The van der Waals surface area contributed by atoms with Crippen LogP contribution in [-0.4, -0.2) is 61.8 Å². The molecule has 6 heteroatoms. The van der Waals surface area contributed by atoms with Crippen molar-refractivity contribution in [2.75, 3.05) is 46.2 Å². The molecule has 20 heavy (non-hydrogen) atoms. The van der Waals surface area contributed by atoms with Crippen LogP contribution in [0.2, 0.25) is 0 Å². The van der Waals surface area contributed by atoms with Gasteiger partial charge in [0.25, 0.3) is 0 Å². The van der Waals surface area contributed by atoms with Crippen LogP contribution in [0.15, 0.2) is 4.99 Å². The number of nitrogens with zero attached hydrogens (tertiary/aromatic N) is 2. The average Bonchev–Trinajstić information content (AvgIpc) is 2.44. The van der Waals surface area contributed by atoms with Crippen molar-refractivity contribution in [3.05, 3.63) is 0 Å². The van der Waals surface area contributed by atoms with Gasteiger partial charge in [-0.25, -0.2) is 0 Å². The maximum absolute atomic E-state index is 5.09. The average molecular weight is 413 g/mol. The van der Waals surface area contributed by atoms with Crippen LogP contribution in [0.4, 0.5) is 0 Å². The number of nitrogens with one attached hydrogen (secondary N) is 1. The molecular formula is C14H28IN3OS. The third-order valence-electron chi connectivity index (χ3n) is 4.11. The fourth-order valence-corrected chi connectivity index (χ4v) is 4.69. The number of thioether (sulfide) groups is 1. The van der Waals surface area contributed by atoms with Gasteiger partial charge in [0, 0.05) is 44.3 Å². The van der Waals surface area contributed by atoms with Gasteiger partial charge in [-0.3, -0.25) is 4.99 Å². The molecule has 0 bridgehead atoms. The van der Waals surface area contributed by atoms with Gasteiger partial charge < -0.3 is 15.0 Å². The molecule has 2 fully saturated rings. The molecule has 1 saturated heterocycles. The fourth-order valence-electron chi connectivity index (χ4n) is 3.12. The topological polar surface area (TPSA) is 36.9 Å². The Bertz CT molecular complexity index is 303. The lowest BCUT2D eigenvalue weighted by atomic mass is 9.87. The normalized spacial score (nSPS) is 22.5. The van der Waals surface area contributed by atoms with E-state index in [1.54, 1.807) is 7.11 Å². The summed E-state index contributed by atoms with van der Waals surface area (Å²) < 4.78 is 5.59. The Morgan fingerprint density at radius 2 is 2.10 bits per heavy atom. The largest absolute Gasteiger partial charge is 0.383 e. The molecule has 0 amide bonds. The van der Waals surface area contributed by atoms with E-state index in [0.29, 0.717) is 4.75 Å². The summed E-state index contributed by atoms with van der Waals surface area (Å²) in [6.07, 6.45) is 6.97. The van der Waals surface area contributed by atoms with Crippen LogP contribution in [0.1, 0.15) is 32.1 Å². The van der Waals surface area contributed by atoms with E-state index in [0.717, 1.165) is 32.2 Å². The lowest BCUT2D eigenvalue weighted by Gasteiger charge is -2.45. The summed E-state index contributed by atoms with van der Waals surface area (Å²) in [5, 5.41) is 3.40. The Balaban J connectivity index is 0.00000200. The van der Waals surface area contributed by atoms with Gasteiger partial charge in [-0.05, 0) is 12.8 Å². The van der Waals surface area contributed by atoms with Crippen molar-refractivity contribution in [2.45, 2.75) is 36.9 Å². The second kappa shape index (κ2) is 9.35. The van der Waals surface area contributed by atoms with E-state index >= 15 is 0 Å². The van der Waals surface area contributed by atoms with Gasteiger partial charge in [0.05, 0.1) is 6.61 Å². The lowest BCUT2D eigenvalue weighted by molar-refractivity contribution is 0.202. The second-order valence-corrected chi connectivity index (χ2v) is 7.04. The zero-order chi connectivity index (χ0) is 13.6. The van der Waals surface area contributed by atoms with Crippen LogP contribution in [0.3, 0.4) is 0 Å². The zero-order valence-electron chi connectivity index (χ0n) is 12.7. The molecule has 1 saturated carbocycles. The fraction of sp³-hybridized carbons (Fsp3) is 0.929. The van der Waals surface area contributed by atoms with Gasteiger partial charge >= 0.3 is 0 Å². The van der Waals surface area contributed by atoms with E-state index in [4.69, 9.17) is 4.74 Å². The van der Waals surface area contributed by atoms with Crippen molar-refractivity contribution in [1.82, 2.24) is 10.2 Å². The molecule has 1 aliphatic heterocycles. The van der Waals surface area contributed by atoms with Crippen LogP contribution in [-0.2, 0) is 4.74 Å². The molecule has 2 rings (SSSR count). The molecule has 0 unspecified atom stereocenters. The highest BCUT2D eigenvalue weighted by atomic mass is 127. The highest BCUT2D eigenvalue weighted by Gasteiger charge is 2.38. The Morgan fingerprint density at radius 1 is 1.35 bits per heavy atom. The Kier molecular flexibility index (Phi) is 8.59. The molecular weight excluding hydrogens is 385 g/mol. The third-order valence-corrected chi connectivity index (χ3v) is 5.65. The van der Waals surface area contributed by atoms with Gasteiger partial charge in [0.1, 0.15) is 0 Å². The van der Waals surface area contributed by atoms with E-state index in [1.807, 2.05) is 7.05 Å². The molecule has 2 aliphatic rings. The minimum absolute atomic E-state index is 0.